The van der Waals surface area contributed by atoms with Crippen LogP contribution in [0.2, 0.25) is 0 Å². The Bertz CT molecular complexity index is 3400. The molecule has 1 aliphatic heterocycles. The van der Waals surface area contributed by atoms with E-state index in [1.807, 2.05) is 6.20 Å². The summed E-state index contributed by atoms with van der Waals surface area (Å²) in [7, 11) is 0. The van der Waals surface area contributed by atoms with Gasteiger partial charge in [0.2, 0.25) is 0 Å². The molecular weight excluding hydrogens is 783 g/mol. The Kier molecular flexibility index (Phi) is 9.04. The molecule has 0 spiro atoms. The summed E-state index contributed by atoms with van der Waals surface area (Å²) in [5, 5.41) is 2.42. The second kappa shape index (κ2) is 15.4. The van der Waals surface area contributed by atoms with E-state index in [0.29, 0.717) is 12.6 Å². The van der Waals surface area contributed by atoms with Gasteiger partial charge in [0, 0.05) is 57.7 Å². The number of hydrogen-bond donors (Lipinski definition) is 0. The van der Waals surface area contributed by atoms with E-state index in [2.05, 4.69) is 233 Å². The number of aromatic nitrogens is 3. The first kappa shape index (κ1) is 37.7. The molecule has 0 N–H and O–H groups in total. The Morgan fingerprint density at radius 3 is 1.73 bits per heavy atom. The van der Waals surface area contributed by atoms with Gasteiger partial charge in [0.25, 0.3) is 0 Å². The van der Waals surface area contributed by atoms with E-state index in [9.17, 15) is 0 Å². The molecule has 308 valence electrons. The van der Waals surface area contributed by atoms with Gasteiger partial charge in [-0.3, -0.25) is 4.57 Å². The van der Waals surface area contributed by atoms with Gasteiger partial charge in [-0.2, -0.15) is 0 Å². The number of anilines is 4. The largest absolute Gasteiger partial charge is 0.457 e. The summed E-state index contributed by atoms with van der Waals surface area (Å²) < 4.78 is 11.7. The predicted molar refractivity (Wildman–Crippen MR) is 265 cm³/mol. The highest BCUT2D eigenvalue weighted by Gasteiger charge is 2.32. The van der Waals surface area contributed by atoms with Crippen LogP contribution in [-0.2, 0) is 6.42 Å². The van der Waals surface area contributed by atoms with Crippen LogP contribution in [0.5, 0.6) is 11.5 Å². The van der Waals surface area contributed by atoms with E-state index < -0.39 is 0 Å². The molecule has 0 unspecified atom stereocenters. The zero-order valence-corrected chi connectivity index (χ0v) is 35.8. The molecule has 12 rings (SSSR count). The highest BCUT2D eigenvalue weighted by Crippen LogP contribution is 2.51. The number of ether oxygens (including phenoxy) is 1. The number of nitrogens with zero attached hydrogens (tertiary/aromatic N) is 5. The maximum Gasteiger partial charge on any atom is 0.137 e. The van der Waals surface area contributed by atoms with Crippen molar-refractivity contribution in [3.05, 3.63) is 212 Å². The number of pyridine rings is 1. The van der Waals surface area contributed by atoms with Crippen LogP contribution in [0.1, 0.15) is 19.4 Å². The smallest absolute Gasteiger partial charge is 0.137 e. The minimum Gasteiger partial charge on any atom is -0.457 e. The molecule has 3 aromatic heterocycles. The lowest BCUT2D eigenvalue weighted by Gasteiger charge is -2.27. The Morgan fingerprint density at radius 2 is 1.05 bits per heavy atom. The molecular formula is C58H45N5O. The van der Waals surface area contributed by atoms with Crippen LogP contribution in [0, 0.1) is 5.92 Å². The van der Waals surface area contributed by atoms with Crippen LogP contribution in [0.25, 0.3) is 66.6 Å². The van der Waals surface area contributed by atoms with Gasteiger partial charge in [-0.25, -0.2) is 4.98 Å². The van der Waals surface area contributed by atoms with Gasteiger partial charge in [-0.15, -0.1) is 0 Å². The van der Waals surface area contributed by atoms with E-state index in [1.165, 1.54) is 44.3 Å². The van der Waals surface area contributed by atoms with Crippen LogP contribution in [-0.4, -0.2) is 20.8 Å². The quantitative estimate of drug-likeness (QED) is 0.138. The van der Waals surface area contributed by atoms with Gasteiger partial charge in [-0.1, -0.05) is 135 Å². The predicted octanol–water partition coefficient (Wildman–Crippen LogP) is 15.1. The minimum absolute atomic E-state index is 0.537. The maximum absolute atomic E-state index is 7.02. The topological polar surface area (TPSA) is 38.5 Å². The van der Waals surface area contributed by atoms with E-state index in [1.54, 1.807) is 0 Å². The van der Waals surface area contributed by atoms with E-state index in [-0.39, 0.29) is 0 Å². The van der Waals surface area contributed by atoms with Gasteiger partial charge >= 0.3 is 0 Å². The molecule has 1 aliphatic rings. The van der Waals surface area contributed by atoms with Crippen molar-refractivity contribution in [2.24, 2.45) is 5.92 Å². The maximum atomic E-state index is 7.02. The lowest BCUT2D eigenvalue weighted by Crippen LogP contribution is -2.24. The molecule has 0 atom stereocenters. The first-order valence-electron chi connectivity index (χ1n) is 22.1. The molecule has 0 bridgehead atoms. The second-order valence-electron chi connectivity index (χ2n) is 17.2. The van der Waals surface area contributed by atoms with Gasteiger partial charge in [-0.05, 0) is 89.7 Å². The second-order valence-corrected chi connectivity index (χ2v) is 17.2. The average Bonchev–Trinajstić information content (AvgIpc) is 4.00. The number of rotatable bonds is 10. The van der Waals surface area contributed by atoms with Crippen LogP contribution in [0.4, 0.5) is 22.7 Å². The highest BCUT2D eigenvalue weighted by molar-refractivity contribution is 6.25. The molecule has 6 heteroatoms. The first-order chi connectivity index (χ1) is 31.6. The molecule has 0 amide bonds. The third kappa shape index (κ3) is 6.29. The Balaban J connectivity index is 0.974. The summed E-state index contributed by atoms with van der Waals surface area (Å²) in [6.45, 7) is 5.15. The highest BCUT2D eigenvalue weighted by atomic mass is 16.5. The van der Waals surface area contributed by atoms with Crippen LogP contribution < -0.4 is 14.5 Å². The van der Waals surface area contributed by atoms with Crippen LogP contribution in [0.3, 0.4) is 0 Å². The fraction of sp³-hybridized carbons (Fsp3) is 0.0862. The SMILES string of the molecule is CC(C)Cc1ccnc(-n2c3cccc4c3c3c(cc(Oc5cccc(N6CN(c7c(-c8ccccc8)cccc7-c7ccccc7)c7ccccc76)c5)cc32)n4-c2ccccc2)c1. The monoisotopic (exact) mass is 827 g/mol. The van der Waals surface area contributed by atoms with E-state index in [0.717, 1.165) is 68.6 Å². The number of para-hydroxylation sites is 4. The zero-order chi connectivity index (χ0) is 42.7. The summed E-state index contributed by atoms with van der Waals surface area (Å²) >= 11 is 0. The number of fused-ring (bicyclic) bond motifs is 1. The van der Waals surface area contributed by atoms with Gasteiger partial charge < -0.3 is 19.1 Å². The van der Waals surface area contributed by atoms with Crippen LogP contribution in [0.15, 0.2) is 206 Å². The molecule has 0 aliphatic carbocycles. The fourth-order valence-corrected chi connectivity index (χ4v) is 9.97. The fourth-order valence-electron chi connectivity index (χ4n) is 9.97. The van der Waals surface area contributed by atoms with Crippen molar-refractivity contribution < 1.29 is 4.74 Å². The van der Waals surface area contributed by atoms with Gasteiger partial charge in [0.1, 0.15) is 24.0 Å². The summed E-state index contributed by atoms with van der Waals surface area (Å²) in [6, 6.07) is 71.4. The standard InChI is InChI=1S/C58H45N5O/c1-39(2)33-40-31-32-59-55(34-40)63-52-30-16-29-51-56(52)57-53(62(51)43-21-10-5-11-22-43)36-46(37-54(57)63)64-45-24-14-23-44(35-45)60-38-61(50-28-13-12-27-49(50)60)58-47(41-17-6-3-7-18-41)25-15-26-48(58)42-19-8-4-9-20-42/h3-32,34-37,39H,33,38H2,1-2H3. The molecule has 64 heavy (non-hydrogen) atoms. The van der Waals surface area contributed by atoms with Gasteiger partial charge in [0.05, 0.1) is 39.1 Å². The zero-order valence-electron chi connectivity index (χ0n) is 35.8. The third-order valence-corrected chi connectivity index (χ3v) is 12.6. The average molecular weight is 828 g/mol. The van der Waals surface area contributed by atoms with E-state index >= 15 is 0 Å². The summed E-state index contributed by atoms with van der Waals surface area (Å²) in [5.41, 5.74) is 16.1. The molecule has 6 nitrogen and oxygen atoms in total. The Morgan fingerprint density at radius 1 is 0.484 bits per heavy atom. The van der Waals surface area contributed by atoms with Crippen molar-refractivity contribution in [1.29, 1.82) is 0 Å². The first-order valence-corrected chi connectivity index (χ1v) is 22.1. The minimum atomic E-state index is 0.537. The molecule has 0 radical (unpaired) electrons. The molecule has 4 heterocycles. The van der Waals surface area contributed by atoms with Crippen molar-refractivity contribution in [1.82, 2.24) is 14.1 Å². The van der Waals surface area contributed by atoms with Crippen molar-refractivity contribution in [3.63, 3.8) is 0 Å². The van der Waals surface area contributed by atoms with Crippen molar-refractivity contribution in [2.45, 2.75) is 20.3 Å². The Hall–Kier alpha value is -8.09. The lowest BCUT2D eigenvalue weighted by atomic mass is 9.95. The molecule has 11 aromatic rings. The molecule has 0 fully saturated rings. The molecule has 0 saturated carbocycles. The number of hydrogen-bond acceptors (Lipinski definition) is 4. The van der Waals surface area contributed by atoms with Gasteiger partial charge in [0.15, 0.2) is 0 Å². The summed E-state index contributed by atoms with van der Waals surface area (Å²) in [4.78, 5) is 9.84. The lowest BCUT2D eigenvalue weighted by molar-refractivity contribution is 0.484. The number of benzene rings is 8. The molecule has 8 aromatic carbocycles. The van der Waals surface area contributed by atoms with Crippen molar-refractivity contribution in [2.75, 3.05) is 16.5 Å². The van der Waals surface area contributed by atoms with E-state index in [4.69, 9.17) is 9.72 Å². The third-order valence-electron chi connectivity index (χ3n) is 12.6. The Labute approximate surface area is 372 Å². The summed E-state index contributed by atoms with van der Waals surface area (Å²) in [6.07, 6.45) is 2.94. The molecule has 0 saturated heterocycles. The van der Waals surface area contributed by atoms with Crippen molar-refractivity contribution in [3.8, 4) is 45.3 Å². The van der Waals surface area contributed by atoms with Crippen LogP contribution >= 0.6 is 0 Å². The summed E-state index contributed by atoms with van der Waals surface area (Å²) in [5.74, 6) is 2.97. The van der Waals surface area contributed by atoms with Crippen molar-refractivity contribution >= 4 is 55.6 Å². The normalized spacial score (nSPS) is 12.6.